The van der Waals surface area contributed by atoms with Crippen LogP contribution < -0.4 is 5.73 Å². The fourth-order valence-corrected chi connectivity index (χ4v) is 2.60. The van der Waals surface area contributed by atoms with E-state index < -0.39 is 0 Å². The van der Waals surface area contributed by atoms with Crippen LogP contribution in [0.1, 0.15) is 12.0 Å². The van der Waals surface area contributed by atoms with Crippen molar-refractivity contribution in [1.29, 1.82) is 0 Å². The molecule has 0 bridgehead atoms. The Labute approximate surface area is 105 Å². The standard InChI is InChI=1S/C14H16FN3/c15-12-6-10-2-1-4-17-14(10)11(7-12)8-18-5-3-13(16)9-18/h1-2,4,6-7,13H,3,5,8-9,16H2/t13-/m0/s1. The minimum Gasteiger partial charge on any atom is -0.326 e. The molecule has 2 N–H and O–H groups in total. The highest BCUT2D eigenvalue weighted by atomic mass is 19.1. The number of hydrogen-bond acceptors (Lipinski definition) is 3. The highest BCUT2D eigenvalue weighted by Crippen LogP contribution is 2.21. The van der Waals surface area contributed by atoms with Crippen molar-refractivity contribution in [3.63, 3.8) is 0 Å². The number of nitrogens with zero attached hydrogens (tertiary/aromatic N) is 2. The quantitative estimate of drug-likeness (QED) is 0.878. The number of nitrogens with two attached hydrogens (primary N) is 1. The summed E-state index contributed by atoms with van der Waals surface area (Å²) in [7, 11) is 0. The molecule has 2 aromatic rings. The minimum atomic E-state index is -0.200. The van der Waals surface area contributed by atoms with Crippen LogP contribution in [0, 0.1) is 5.82 Å². The van der Waals surface area contributed by atoms with Crippen molar-refractivity contribution in [1.82, 2.24) is 9.88 Å². The summed E-state index contributed by atoms with van der Waals surface area (Å²) < 4.78 is 13.6. The molecule has 2 heterocycles. The van der Waals surface area contributed by atoms with Gasteiger partial charge >= 0.3 is 0 Å². The molecule has 1 aromatic carbocycles. The van der Waals surface area contributed by atoms with Crippen LogP contribution in [-0.4, -0.2) is 29.0 Å². The number of fused-ring (bicyclic) bond motifs is 1. The van der Waals surface area contributed by atoms with Crippen LogP contribution in [0.3, 0.4) is 0 Å². The maximum absolute atomic E-state index is 13.6. The Morgan fingerprint density at radius 1 is 1.44 bits per heavy atom. The van der Waals surface area contributed by atoms with Gasteiger partial charge in [-0.25, -0.2) is 4.39 Å². The van der Waals surface area contributed by atoms with Gasteiger partial charge in [-0.1, -0.05) is 6.07 Å². The summed E-state index contributed by atoms with van der Waals surface area (Å²) in [4.78, 5) is 6.62. The first-order chi connectivity index (χ1) is 8.72. The second-order valence-electron chi connectivity index (χ2n) is 4.92. The van der Waals surface area contributed by atoms with Crippen molar-refractivity contribution >= 4 is 10.9 Å². The van der Waals surface area contributed by atoms with Gasteiger partial charge in [0.15, 0.2) is 0 Å². The molecule has 1 aromatic heterocycles. The molecule has 0 aliphatic carbocycles. The van der Waals surface area contributed by atoms with E-state index in [1.54, 1.807) is 12.3 Å². The van der Waals surface area contributed by atoms with Crippen molar-refractivity contribution in [2.24, 2.45) is 5.73 Å². The molecule has 0 radical (unpaired) electrons. The summed E-state index contributed by atoms with van der Waals surface area (Å²) >= 11 is 0. The zero-order valence-corrected chi connectivity index (χ0v) is 10.1. The number of rotatable bonds is 2. The van der Waals surface area contributed by atoms with E-state index >= 15 is 0 Å². The summed E-state index contributed by atoms with van der Waals surface area (Å²) in [6, 6.07) is 7.08. The van der Waals surface area contributed by atoms with Crippen molar-refractivity contribution in [3.05, 3.63) is 41.8 Å². The van der Waals surface area contributed by atoms with Gasteiger partial charge in [0.05, 0.1) is 5.52 Å². The number of hydrogen-bond donors (Lipinski definition) is 1. The van der Waals surface area contributed by atoms with Gasteiger partial charge in [0.2, 0.25) is 0 Å². The molecular weight excluding hydrogens is 229 g/mol. The molecule has 0 amide bonds. The molecule has 18 heavy (non-hydrogen) atoms. The summed E-state index contributed by atoms with van der Waals surface area (Å²) in [5.74, 6) is -0.200. The largest absolute Gasteiger partial charge is 0.326 e. The molecule has 0 spiro atoms. The number of likely N-dealkylation sites (tertiary alicyclic amines) is 1. The minimum absolute atomic E-state index is 0.200. The van der Waals surface area contributed by atoms with Crippen LogP contribution in [0.2, 0.25) is 0 Å². The van der Waals surface area contributed by atoms with Crippen LogP contribution in [0.5, 0.6) is 0 Å². The van der Waals surface area contributed by atoms with Crippen LogP contribution in [-0.2, 0) is 6.54 Å². The molecule has 0 saturated carbocycles. The normalized spacial score (nSPS) is 20.7. The molecule has 94 valence electrons. The molecular formula is C14H16FN3. The van der Waals surface area contributed by atoms with E-state index in [1.165, 1.54) is 6.07 Å². The maximum atomic E-state index is 13.6. The highest BCUT2D eigenvalue weighted by Gasteiger charge is 2.20. The van der Waals surface area contributed by atoms with Crippen molar-refractivity contribution < 1.29 is 4.39 Å². The third-order valence-electron chi connectivity index (χ3n) is 3.45. The lowest BCUT2D eigenvalue weighted by atomic mass is 10.1. The van der Waals surface area contributed by atoms with E-state index in [-0.39, 0.29) is 11.9 Å². The zero-order chi connectivity index (χ0) is 12.5. The van der Waals surface area contributed by atoms with Gasteiger partial charge in [0.25, 0.3) is 0 Å². The number of pyridine rings is 1. The molecule has 1 fully saturated rings. The SMILES string of the molecule is N[C@H]1CCN(Cc2cc(F)cc3cccnc23)C1. The number of halogens is 1. The fraction of sp³-hybridized carbons (Fsp3) is 0.357. The predicted molar refractivity (Wildman–Crippen MR) is 69.6 cm³/mol. The van der Waals surface area contributed by atoms with Gasteiger partial charge < -0.3 is 5.73 Å². The average molecular weight is 245 g/mol. The van der Waals surface area contributed by atoms with Gasteiger partial charge in [0.1, 0.15) is 5.82 Å². The second kappa shape index (κ2) is 4.63. The van der Waals surface area contributed by atoms with Gasteiger partial charge in [-0.05, 0) is 30.2 Å². The summed E-state index contributed by atoms with van der Waals surface area (Å²) in [5.41, 5.74) is 7.72. The molecule has 0 unspecified atom stereocenters. The van der Waals surface area contributed by atoms with E-state index in [1.807, 2.05) is 12.1 Å². The van der Waals surface area contributed by atoms with Gasteiger partial charge in [-0.2, -0.15) is 0 Å². The monoisotopic (exact) mass is 245 g/mol. The average Bonchev–Trinajstić information content (AvgIpc) is 2.74. The molecule has 1 atom stereocenters. The lowest BCUT2D eigenvalue weighted by Crippen LogP contribution is -2.26. The first-order valence-corrected chi connectivity index (χ1v) is 6.23. The predicted octanol–water partition coefficient (Wildman–Crippen LogP) is 1.91. The molecule has 3 rings (SSSR count). The van der Waals surface area contributed by atoms with Crippen LogP contribution in [0.25, 0.3) is 10.9 Å². The van der Waals surface area contributed by atoms with Crippen LogP contribution in [0.4, 0.5) is 4.39 Å². The molecule has 3 nitrogen and oxygen atoms in total. The first kappa shape index (κ1) is 11.6. The van der Waals surface area contributed by atoms with E-state index in [4.69, 9.17) is 5.73 Å². The zero-order valence-electron chi connectivity index (χ0n) is 10.1. The first-order valence-electron chi connectivity index (χ1n) is 6.23. The van der Waals surface area contributed by atoms with E-state index in [0.717, 1.165) is 42.5 Å². The van der Waals surface area contributed by atoms with Crippen molar-refractivity contribution in [3.8, 4) is 0 Å². The Morgan fingerprint density at radius 3 is 3.11 bits per heavy atom. The van der Waals surface area contributed by atoms with E-state index in [2.05, 4.69) is 9.88 Å². The molecule has 4 heteroatoms. The van der Waals surface area contributed by atoms with Gasteiger partial charge in [-0.15, -0.1) is 0 Å². The summed E-state index contributed by atoms with van der Waals surface area (Å²) in [6.07, 6.45) is 2.76. The van der Waals surface area contributed by atoms with Crippen molar-refractivity contribution in [2.45, 2.75) is 19.0 Å². The number of aromatic nitrogens is 1. The fourth-order valence-electron chi connectivity index (χ4n) is 2.60. The van der Waals surface area contributed by atoms with Gasteiger partial charge in [0, 0.05) is 37.3 Å². The Hall–Kier alpha value is -1.52. The third kappa shape index (κ3) is 2.21. The Morgan fingerprint density at radius 2 is 2.33 bits per heavy atom. The third-order valence-corrected chi connectivity index (χ3v) is 3.45. The van der Waals surface area contributed by atoms with Crippen molar-refractivity contribution in [2.75, 3.05) is 13.1 Å². The summed E-state index contributed by atoms with van der Waals surface area (Å²) in [5, 5.41) is 0.857. The lowest BCUT2D eigenvalue weighted by Gasteiger charge is -2.16. The molecule has 1 aliphatic heterocycles. The second-order valence-corrected chi connectivity index (χ2v) is 4.92. The van der Waals surface area contributed by atoms with Crippen LogP contribution >= 0.6 is 0 Å². The van der Waals surface area contributed by atoms with E-state index in [0.29, 0.717) is 0 Å². The summed E-state index contributed by atoms with van der Waals surface area (Å²) in [6.45, 7) is 2.58. The van der Waals surface area contributed by atoms with E-state index in [9.17, 15) is 4.39 Å². The Kier molecular flexibility index (Phi) is 2.97. The van der Waals surface area contributed by atoms with Gasteiger partial charge in [-0.3, -0.25) is 9.88 Å². The number of benzene rings is 1. The smallest absolute Gasteiger partial charge is 0.124 e. The topological polar surface area (TPSA) is 42.1 Å². The Balaban J connectivity index is 1.95. The molecule has 1 saturated heterocycles. The molecule has 1 aliphatic rings. The van der Waals surface area contributed by atoms with Crippen LogP contribution in [0.15, 0.2) is 30.5 Å². The lowest BCUT2D eigenvalue weighted by molar-refractivity contribution is 0.327. The Bertz CT molecular complexity index is 570. The maximum Gasteiger partial charge on any atom is 0.124 e. The highest BCUT2D eigenvalue weighted by molar-refractivity contribution is 5.81.